The Morgan fingerprint density at radius 1 is 1.43 bits per heavy atom. The monoisotopic (exact) mass is 215 g/mol. The summed E-state index contributed by atoms with van der Waals surface area (Å²) in [4.78, 5) is 0. The topological polar surface area (TPSA) is 37.4 Å². The molecule has 1 aliphatic rings. The van der Waals surface area contributed by atoms with Gasteiger partial charge in [-0.25, -0.2) is 12.8 Å². The van der Waals surface area contributed by atoms with Crippen LogP contribution in [0.5, 0.6) is 0 Å². The van der Waals surface area contributed by atoms with Gasteiger partial charge in [-0.3, -0.25) is 4.31 Å². The molecule has 0 aliphatic carbocycles. The van der Waals surface area contributed by atoms with Gasteiger partial charge in [0.2, 0.25) is 10.0 Å². The molecule has 1 heterocycles. The molecule has 0 fully saturated rings. The van der Waals surface area contributed by atoms with E-state index in [4.69, 9.17) is 0 Å². The molecule has 0 aromatic heterocycles. The number of para-hydroxylation sites is 1. The third-order valence-electron chi connectivity index (χ3n) is 2.30. The van der Waals surface area contributed by atoms with Crippen LogP contribution >= 0.6 is 0 Å². The van der Waals surface area contributed by atoms with Gasteiger partial charge in [-0.15, -0.1) is 0 Å². The molecule has 0 spiro atoms. The minimum Gasteiger partial charge on any atom is -0.267 e. The molecule has 76 valence electrons. The van der Waals surface area contributed by atoms with Crippen LogP contribution in [0.15, 0.2) is 18.2 Å². The van der Waals surface area contributed by atoms with E-state index in [-0.39, 0.29) is 5.69 Å². The first-order valence-electron chi connectivity index (χ1n) is 4.25. The predicted molar refractivity (Wildman–Crippen MR) is 52.3 cm³/mol. The third kappa shape index (κ3) is 1.37. The molecule has 1 aliphatic heterocycles. The van der Waals surface area contributed by atoms with Gasteiger partial charge in [0.1, 0.15) is 5.82 Å². The molecule has 0 atom stereocenters. The summed E-state index contributed by atoms with van der Waals surface area (Å²) in [6.45, 7) is 0.342. The van der Waals surface area contributed by atoms with Gasteiger partial charge in [-0.05, 0) is 18.1 Å². The van der Waals surface area contributed by atoms with Crippen LogP contribution in [-0.2, 0) is 16.4 Å². The number of nitrogens with zero attached hydrogens (tertiary/aromatic N) is 1. The quantitative estimate of drug-likeness (QED) is 0.704. The molecule has 0 saturated heterocycles. The van der Waals surface area contributed by atoms with Crippen LogP contribution in [0.25, 0.3) is 0 Å². The zero-order valence-corrected chi connectivity index (χ0v) is 8.51. The lowest BCUT2D eigenvalue weighted by Gasteiger charge is -2.16. The van der Waals surface area contributed by atoms with Crippen LogP contribution in [-0.4, -0.2) is 21.2 Å². The number of hydrogen-bond donors (Lipinski definition) is 0. The van der Waals surface area contributed by atoms with E-state index in [0.29, 0.717) is 13.0 Å². The fraction of sp³-hybridized carbons (Fsp3) is 0.333. The minimum atomic E-state index is -3.35. The van der Waals surface area contributed by atoms with Gasteiger partial charge in [-0.1, -0.05) is 12.1 Å². The molecule has 0 bridgehead atoms. The lowest BCUT2D eigenvalue weighted by molar-refractivity contribution is 0.593. The molecule has 0 saturated carbocycles. The average Bonchev–Trinajstić information content (AvgIpc) is 2.47. The molecule has 0 radical (unpaired) electrons. The Balaban J connectivity index is 2.59. The fourth-order valence-electron chi connectivity index (χ4n) is 1.71. The molecule has 0 unspecified atom stereocenters. The second-order valence-electron chi connectivity index (χ2n) is 3.33. The third-order valence-corrected chi connectivity index (χ3v) is 3.47. The lowest BCUT2D eigenvalue weighted by atomic mass is 10.2. The molecule has 0 amide bonds. The molecule has 0 N–H and O–H groups in total. The van der Waals surface area contributed by atoms with Crippen LogP contribution in [0.3, 0.4) is 0 Å². The van der Waals surface area contributed by atoms with Crippen molar-refractivity contribution in [3.8, 4) is 0 Å². The smallest absolute Gasteiger partial charge is 0.232 e. The standard InChI is InChI=1S/C9H10FNO2S/c1-14(12,13)11-6-5-7-3-2-4-8(10)9(7)11/h2-4H,5-6H2,1H3. The zero-order valence-electron chi connectivity index (χ0n) is 7.70. The van der Waals surface area contributed by atoms with E-state index in [1.165, 1.54) is 6.07 Å². The Bertz CT molecular complexity index is 470. The highest BCUT2D eigenvalue weighted by Gasteiger charge is 2.28. The number of fused-ring (bicyclic) bond motifs is 1. The van der Waals surface area contributed by atoms with Crippen LogP contribution in [0.1, 0.15) is 5.56 Å². The highest BCUT2D eigenvalue weighted by molar-refractivity contribution is 7.92. The lowest BCUT2D eigenvalue weighted by Crippen LogP contribution is -2.28. The van der Waals surface area contributed by atoms with Gasteiger partial charge in [0.05, 0.1) is 11.9 Å². The first-order chi connectivity index (χ1) is 6.50. The highest BCUT2D eigenvalue weighted by Crippen LogP contribution is 2.32. The van der Waals surface area contributed by atoms with Crippen molar-refractivity contribution in [2.75, 3.05) is 17.1 Å². The number of sulfonamides is 1. The van der Waals surface area contributed by atoms with Crippen LogP contribution in [0.2, 0.25) is 0 Å². The second kappa shape index (κ2) is 2.95. The summed E-state index contributed by atoms with van der Waals surface area (Å²) in [5, 5.41) is 0. The maximum absolute atomic E-state index is 13.4. The number of anilines is 1. The van der Waals surface area contributed by atoms with Gasteiger partial charge in [0.15, 0.2) is 0 Å². The first-order valence-corrected chi connectivity index (χ1v) is 6.10. The molecule has 5 heteroatoms. The van der Waals surface area contributed by atoms with Crippen LogP contribution in [0.4, 0.5) is 10.1 Å². The van der Waals surface area contributed by atoms with Crippen molar-refractivity contribution in [2.24, 2.45) is 0 Å². The highest BCUT2D eigenvalue weighted by atomic mass is 32.2. The molecule has 2 rings (SSSR count). The Labute approximate surface area is 82.2 Å². The Morgan fingerprint density at radius 3 is 2.79 bits per heavy atom. The van der Waals surface area contributed by atoms with Gasteiger partial charge in [0, 0.05) is 6.54 Å². The van der Waals surface area contributed by atoms with Gasteiger partial charge in [0.25, 0.3) is 0 Å². The van der Waals surface area contributed by atoms with E-state index in [0.717, 1.165) is 16.1 Å². The van der Waals surface area contributed by atoms with Crippen molar-refractivity contribution in [1.82, 2.24) is 0 Å². The van der Waals surface area contributed by atoms with Crippen molar-refractivity contribution < 1.29 is 12.8 Å². The van der Waals surface area contributed by atoms with Gasteiger partial charge >= 0.3 is 0 Å². The predicted octanol–water partition coefficient (Wildman–Crippen LogP) is 1.15. The molecular formula is C9H10FNO2S. The summed E-state index contributed by atoms with van der Waals surface area (Å²) in [5.74, 6) is -0.467. The maximum atomic E-state index is 13.4. The van der Waals surface area contributed by atoms with Crippen LogP contribution in [0, 0.1) is 5.82 Å². The first kappa shape index (κ1) is 9.45. The molecule has 3 nitrogen and oxygen atoms in total. The Morgan fingerprint density at radius 2 is 2.14 bits per heavy atom. The molecule has 14 heavy (non-hydrogen) atoms. The summed E-state index contributed by atoms with van der Waals surface area (Å²) in [7, 11) is -3.35. The van der Waals surface area contributed by atoms with Crippen LogP contribution < -0.4 is 4.31 Å². The molecule has 1 aromatic rings. The minimum absolute atomic E-state index is 0.218. The SMILES string of the molecule is CS(=O)(=O)N1CCc2cccc(F)c21. The van der Waals surface area contributed by atoms with Crippen molar-refractivity contribution in [3.05, 3.63) is 29.6 Å². The summed E-state index contributed by atoms with van der Waals surface area (Å²) >= 11 is 0. The summed E-state index contributed by atoms with van der Waals surface area (Å²) < 4.78 is 37.1. The maximum Gasteiger partial charge on any atom is 0.232 e. The summed E-state index contributed by atoms with van der Waals surface area (Å²) in [6, 6.07) is 4.63. The zero-order chi connectivity index (χ0) is 10.3. The number of rotatable bonds is 1. The van der Waals surface area contributed by atoms with E-state index in [1.54, 1.807) is 12.1 Å². The normalized spacial score (nSPS) is 15.7. The van der Waals surface area contributed by atoms with E-state index >= 15 is 0 Å². The number of halogens is 1. The summed E-state index contributed by atoms with van der Waals surface area (Å²) in [5.41, 5.74) is 0.977. The van der Waals surface area contributed by atoms with Crippen molar-refractivity contribution in [2.45, 2.75) is 6.42 Å². The van der Waals surface area contributed by atoms with Crippen molar-refractivity contribution in [3.63, 3.8) is 0 Å². The van der Waals surface area contributed by atoms with Gasteiger partial charge < -0.3 is 0 Å². The van der Waals surface area contributed by atoms with E-state index in [9.17, 15) is 12.8 Å². The fourth-order valence-corrected chi connectivity index (χ4v) is 2.67. The summed E-state index contributed by atoms with van der Waals surface area (Å²) in [6.07, 6.45) is 1.68. The average molecular weight is 215 g/mol. The van der Waals surface area contributed by atoms with E-state index < -0.39 is 15.8 Å². The number of benzene rings is 1. The molecule has 1 aromatic carbocycles. The Hall–Kier alpha value is -1.10. The number of hydrogen-bond acceptors (Lipinski definition) is 2. The van der Waals surface area contributed by atoms with Crippen molar-refractivity contribution >= 4 is 15.7 Å². The van der Waals surface area contributed by atoms with Crippen molar-refractivity contribution in [1.29, 1.82) is 0 Å². The Kier molecular flexibility index (Phi) is 1.99. The second-order valence-corrected chi connectivity index (χ2v) is 5.24. The largest absolute Gasteiger partial charge is 0.267 e. The van der Waals surface area contributed by atoms with E-state index in [1.807, 2.05) is 0 Å². The van der Waals surface area contributed by atoms with Gasteiger partial charge in [-0.2, -0.15) is 0 Å². The van der Waals surface area contributed by atoms with E-state index in [2.05, 4.69) is 0 Å². The molecular weight excluding hydrogens is 205 g/mol.